The largest absolute Gasteiger partial charge is 0.324 e. The standard InChI is InChI=1S/C12H11ClN2O/c13-6-5-12(16)15-11-8-14-7-9-3-1-2-4-10(9)11/h1-4,7-8H,5-6H2,(H,15,16). The van der Waals surface area contributed by atoms with Crippen LogP contribution in [0, 0.1) is 0 Å². The highest BCUT2D eigenvalue weighted by Crippen LogP contribution is 2.21. The Hall–Kier alpha value is -1.61. The summed E-state index contributed by atoms with van der Waals surface area (Å²) in [5.74, 6) is 0.234. The number of fused-ring (bicyclic) bond motifs is 1. The lowest BCUT2D eigenvalue weighted by Crippen LogP contribution is -2.12. The van der Waals surface area contributed by atoms with E-state index in [1.165, 1.54) is 0 Å². The maximum Gasteiger partial charge on any atom is 0.225 e. The molecule has 0 fully saturated rings. The molecular weight excluding hydrogens is 224 g/mol. The Balaban J connectivity index is 2.33. The van der Waals surface area contributed by atoms with Gasteiger partial charge in [-0.3, -0.25) is 9.78 Å². The molecule has 0 unspecified atom stereocenters. The molecule has 1 amide bonds. The Bertz CT molecular complexity index is 508. The van der Waals surface area contributed by atoms with Gasteiger partial charge in [-0.25, -0.2) is 0 Å². The fourth-order valence-electron chi connectivity index (χ4n) is 1.51. The average Bonchev–Trinajstić information content (AvgIpc) is 2.30. The van der Waals surface area contributed by atoms with Crippen molar-refractivity contribution in [1.82, 2.24) is 4.98 Å². The van der Waals surface area contributed by atoms with Crippen LogP contribution in [-0.2, 0) is 4.79 Å². The molecule has 0 aliphatic rings. The number of pyridine rings is 1. The summed E-state index contributed by atoms with van der Waals surface area (Å²) in [7, 11) is 0. The first-order valence-electron chi connectivity index (χ1n) is 5.00. The minimum Gasteiger partial charge on any atom is -0.324 e. The van der Waals surface area contributed by atoms with E-state index in [2.05, 4.69) is 10.3 Å². The smallest absolute Gasteiger partial charge is 0.225 e. The first-order valence-corrected chi connectivity index (χ1v) is 5.53. The molecule has 0 spiro atoms. The van der Waals surface area contributed by atoms with Gasteiger partial charge in [0.2, 0.25) is 5.91 Å². The van der Waals surface area contributed by atoms with Gasteiger partial charge in [0.15, 0.2) is 0 Å². The van der Waals surface area contributed by atoms with E-state index >= 15 is 0 Å². The molecular formula is C12H11ClN2O. The summed E-state index contributed by atoms with van der Waals surface area (Å²) >= 11 is 5.50. The predicted octanol–water partition coefficient (Wildman–Crippen LogP) is 2.80. The molecule has 0 saturated carbocycles. The molecule has 1 aromatic heterocycles. The summed E-state index contributed by atoms with van der Waals surface area (Å²) in [6, 6.07) is 7.78. The Labute approximate surface area is 98.4 Å². The van der Waals surface area contributed by atoms with Gasteiger partial charge in [0, 0.05) is 29.3 Å². The number of anilines is 1. The topological polar surface area (TPSA) is 42.0 Å². The third kappa shape index (κ3) is 2.31. The zero-order valence-electron chi connectivity index (χ0n) is 8.61. The number of nitrogens with zero attached hydrogens (tertiary/aromatic N) is 1. The second-order valence-corrected chi connectivity index (χ2v) is 3.77. The summed E-state index contributed by atoms with van der Waals surface area (Å²) in [5, 5.41) is 4.79. The van der Waals surface area contributed by atoms with Crippen LogP contribution in [0.1, 0.15) is 6.42 Å². The minimum absolute atomic E-state index is 0.0897. The maximum atomic E-state index is 11.4. The van der Waals surface area contributed by atoms with E-state index in [0.717, 1.165) is 16.5 Å². The van der Waals surface area contributed by atoms with E-state index in [-0.39, 0.29) is 5.91 Å². The van der Waals surface area contributed by atoms with Crippen LogP contribution in [0.3, 0.4) is 0 Å². The van der Waals surface area contributed by atoms with Crippen LogP contribution in [0.4, 0.5) is 5.69 Å². The normalized spacial score (nSPS) is 10.3. The summed E-state index contributed by atoms with van der Waals surface area (Å²) < 4.78 is 0. The fraction of sp³-hybridized carbons (Fsp3) is 0.167. The number of hydrogen-bond acceptors (Lipinski definition) is 2. The molecule has 0 bridgehead atoms. The second kappa shape index (κ2) is 4.94. The van der Waals surface area contributed by atoms with E-state index in [9.17, 15) is 4.79 Å². The molecule has 1 N–H and O–H groups in total. The molecule has 0 aliphatic heterocycles. The van der Waals surface area contributed by atoms with Crippen LogP contribution < -0.4 is 5.32 Å². The third-order valence-electron chi connectivity index (χ3n) is 2.26. The molecule has 4 heteroatoms. The lowest BCUT2D eigenvalue weighted by Gasteiger charge is -2.06. The van der Waals surface area contributed by atoms with Crippen molar-refractivity contribution in [2.24, 2.45) is 0 Å². The molecule has 1 aromatic carbocycles. The molecule has 3 nitrogen and oxygen atoms in total. The summed E-state index contributed by atoms with van der Waals surface area (Å²) in [6.45, 7) is 0. The van der Waals surface area contributed by atoms with Crippen molar-refractivity contribution in [2.45, 2.75) is 6.42 Å². The summed E-state index contributed by atoms with van der Waals surface area (Å²) in [6.07, 6.45) is 3.73. The van der Waals surface area contributed by atoms with E-state index in [0.29, 0.717) is 12.3 Å². The average molecular weight is 235 g/mol. The predicted molar refractivity (Wildman–Crippen MR) is 65.7 cm³/mol. The third-order valence-corrected chi connectivity index (χ3v) is 2.45. The Morgan fingerprint density at radius 1 is 1.31 bits per heavy atom. The summed E-state index contributed by atoms with van der Waals surface area (Å²) in [5.41, 5.74) is 0.730. The number of amides is 1. The first-order chi connectivity index (χ1) is 7.81. The number of alkyl halides is 1. The van der Waals surface area contributed by atoms with Crippen molar-refractivity contribution in [2.75, 3.05) is 11.2 Å². The highest BCUT2D eigenvalue weighted by Gasteiger charge is 2.04. The van der Waals surface area contributed by atoms with E-state index in [1.54, 1.807) is 12.4 Å². The highest BCUT2D eigenvalue weighted by atomic mass is 35.5. The number of carbonyl (C=O) groups excluding carboxylic acids is 1. The molecule has 0 saturated heterocycles. The van der Waals surface area contributed by atoms with Gasteiger partial charge in [-0.1, -0.05) is 24.3 Å². The number of nitrogens with one attached hydrogen (secondary N) is 1. The molecule has 0 aliphatic carbocycles. The van der Waals surface area contributed by atoms with Crippen LogP contribution in [0.5, 0.6) is 0 Å². The highest BCUT2D eigenvalue weighted by molar-refractivity contribution is 6.19. The minimum atomic E-state index is -0.0897. The van der Waals surface area contributed by atoms with Gasteiger partial charge in [-0.05, 0) is 0 Å². The molecule has 2 aromatic rings. The maximum absolute atomic E-state index is 11.4. The first kappa shape index (κ1) is 10.9. The number of halogens is 1. The number of aromatic nitrogens is 1. The monoisotopic (exact) mass is 234 g/mol. The molecule has 1 heterocycles. The Morgan fingerprint density at radius 2 is 2.12 bits per heavy atom. The van der Waals surface area contributed by atoms with Crippen LogP contribution in [-0.4, -0.2) is 16.8 Å². The van der Waals surface area contributed by atoms with Gasteiger partial charge in [-0.2, -0.15) is 0 Å². The van der Waals surface area contributed by atoms with Crippen molar-refractivity contribution in [3.63, 3.8) is 0 Å². The summed E-state index contributed by atoms with van der Waals surface area (Å²) in [4.78, 5) is 15.5. The van der Waals surface area contributed by atoms with E-state index in [4.69, 9.17) is 11.6 Å². The van der Waals surface area contributed by atoms with Crippen molar-refractivity contribution >= 4 is 34.0 Å². The molecule has 2 rings (SSSR count). The number of carbonyl (C=O) groups is 1. The molecule has 16 heavy (non-hydrogen) atoms. The van der Waals surface area contributed by atoms with Crippen LogP contribution in [0.15, 0.2) is 36.7 Å². The Morgan fingerprint density at radius 3 is 2.94 bits per heavy atom. The van der Waals surface area contributed by atoms with Gasteiger partial charge < -0.3 is 5.32 Å². The Kier molecular flexibility index (Phi) is 3.37. The van der Waals surface area contributed by atoms with Crippen LogP contribution in [0.2, 0.25) is 0 Å². The van der Waals surface area contributed by atoms with Gasteiger partial charge in [0.05, 0.1) is 11.9 Å². The van der Waals surface area contributed by atoms with Crippen LogP contribution >= 0.6 is 11.6 Å². The van der Waals surface area contributed by atoms with Crippen molar-refractivity contribution in [1.29, 1.82) is 0 Å². The molecule has 0 radical (unpaired) electrons. The molecule has 82 valence electrons. The quantitative estimate of drug-likeness (QED) is 0.830. The van der Waals surface area contributed by atoms with Crippen molar-refractivity contribution < 1.29 is 4.79 Å². The lowest BCUT2D eigenvalue weighted by atomic mass is 10.1. The number of benzene rings is 1. The van der Waals surface area contributed by atoms with Gasteiger partial charge in [0.1, 0.15) is 0 Å². The fourth-order valence-corrected chi connectivity index (χ4v) is 1.69. The van der Waals surface area contributed by atoms with Gasteiger partial charge in [0.25, 0.3) is 0 Å². The number of hydrogen-bond donors (Lipinski definition) is 1. The van der Waals surface area contributed by atoms with Gasteiger partial charge in [-0.15, -0.1) is 11.6 Å². The van der Waals surface area contributed by atoms with E-state index in [1.807, 2.05) is 24.3 Å². The zero-order chi connectivity index (χ0) is 11.4. The van der Waals surface area contributed by atoms with Crippen molar-refractivity contribution in [3.8, 4) is 0 Å². The number of rotatable bonds is 3. The van der Waals surface area contributed by atoms with Crippen LogP contribution in [0.25, 0.3) is 10.8 Å². The SMILES string of the molecule is O=C(CCCl)Nc1cncc2ccccc12. The van der Waals surface area contributed by atoms with Gasteiger partial charge >= 0.3 is 0 Å². The molecule has 0 atom stereocenters. The zero-order valence-corrected chi connectivity index (χ0v) is 9.37. The van der Waals surface area contributed by atoms with Crippen molar-refractivity contribution in [3.05, 3.63) is 36.7 Å². The second-order valence-electron chi connectivity index (χ2n) is 3.40. The van der Waals surface area contributed by atoms with E-state index < -0.39 is 0 Å². The lowest BCUT2D eigenvalue weighted by molar-refractivity contribution is -0.115.